The van der Waals surface area contributed by atoms with Crippen LogP contribution < -0.4 is 0 Å². The van der Waals surface area contributed by atoms with Gasteiger partial charge in [-0.05, 0) is 45.2 Å². The molecule has 0 fully saturated rings. The second-order valence-corrected chi connectivity index (χ2v) is 13.2. The summed E-state index contributed by atoms with van der Waals surface area (Å²) >= 11 is 0. The molecule has 2 N–H and O–H groups in total. The fourth-order valence-corrected chi connectivity index (χ4v) is 6.28. The quantitative estimate of drug-likeness (QED) is 0.227. The molecule has 2 heteroatoms. The molecule has 0 aliphatic heterocycles. The lowest BCUT2D eigenvalue weighted by Crippen LogP contribution is -2.10. The molecular formula is C38H36N2. The number of para-hydroxylation sites is 2. The lowest BCUT2D eigenvalue weighted by molar-refractivity contribution is 0.590. The molecule has 0 atom stereocenters. The van der Waals surface area contributed by atoms with Crippen LogP contribution in [0.25, 0.3) is 65.9 Å². The number of rotatable bonds is 2. The van der Waals surface area contributed by atoms with Crippen LogP contribution in [0.2, 0.25) is 0 Å². The molecular weight excluding hydrogens is 484 g/mol. The molecule has 0 aliphatic carbocycles. The molecule has 0 saturated carbocycles. The molecule has 2 heterocycles. The zero-order chi connectivity index (χ0) is 27.8. The van der Waals surface area contributed by atoms with E-state index in [1.807, 2.05) is 0 Å². The summed E-state index contributed by atoms with van der Waals surface area (Å²) in [6, 6.07) is 35.9. The smallest absolute Gasteiger partial charge is 0.0572 e. The molecule has 2 nitrogen and oxygen atoms in total. The minimum Gasteiger partial charge on any atom is -0.354 e. The molecule has 0 radical (unpaired) electrons. The van der Waals surface area contributed by atoms with E-state index in [1.165, 1.54) is 66.0 Å². The third kappa shape index (κ3) is 3.78. The zero-order valence-electron chi connectivity index (χ0n) is 24.2. The van der Waals surface area contributed by atoms with E-state index in [9.17, 15) is 0 Å². The Hall–Kier alpha value is -4.30. The Morgan fingerprint density at radius 3 is 1.20 bits per heavy atom. The van der Waals surface area contributed by atoms with Gasteiger partial charge in [-0.25, -0.2) is 0 Å². The van der Waals surface area contributed by atoms with Gasteiger partial charge in [0.25, 0.3) is 0 Å². The van der Waals surface area contributed by atoms with Gasteiger partial charge in [0.15, 0.2) is 0 Å². The number of H-pyrrole nitrogens is 2. The standard InChI is InChI=1S/C38H36N2/c1-37(2,3)25-19-15-23(16-20-25)31-33-27-11-7-9-13-29(27)39-35(33)32(24-17-21-26(22-18-24)38(4,5)6)36-34(31)28-12-8-10-14-30(28)40-36/h7-22,39-40H,1-6H3. The summed E-state index contributed by atoms with van der Waals surface area (Å²) < 4.78 is 0. The van der Waals surface area contributed by atoms with E-state index in [1.54, 1.807) is 0 Å². The van der Waals surface area contributed by atoms with E-state index in [4.69, 9.17) is 0 Å². The maximum absolute atomic E-state index is 3.85. The molecule has 0 aliphatic rings. The SMILES string of the molecule is CC(C)(C)c1ccc(-c2c3[nH]c4ccccc4c3c(-c3ccc(C(C)(C)C)cc3)c3c2[nH]c2ccccc23)cc1. The first-order chi connectivity index (χ1) is 19.1. The molecule has 40 heavy (non-hydrogen) atoms. The first-order valence-electron chi connectivity index (χ1n) is 14.3. The summed E-state index contributed by atoms with van der Waals surface area (Å²) in [5.74, 6) is 0. The van der Waals surface area contributed by atoms with Gasteiger partial charge in [0.2, 0.25) is 0 Å². The van der Waals surface area contributed by atoms with Gasteiger partial charge in [-0.3, -0.25) is 0 Å². The number of hydrogen-bond donors (Lipinski definition) is 2. The summed E-state index contributed by atoms with van der Waals surface area (Å²) in [7, 11) is 0. The largest absolute Gasteiger partial charge is 0.354 e. The van der Waals surface area contributed by atoms with Crippen LogP contribution in [0.5, 0.6) is 0 Å². The second-order valence-electron chi connectivity index (χ2n) is 13.2. The number of benzene rings is 5. The van der Waals surface area contributed by atoms with Crippen molar-refractivity contribution < 1.29 is 0 Å². The highest BCUT2D eigenvalue weighted by Gasteiger charge is 2.24. The van der Waals surface area contributed by atoms with Gasteiger partial charge < -0.3 is 9.97 Å². The fourth-order valence-electron chi connectivity index (χ4n) is 6.28. The van der Waals surface area contributed by atoms with Crippen LogP contribution >= 0.6 is 0 Å². The average molecular weight is 521 g/mol. The Balaban J connectivity index is 1.66. The van der Waals surface area contributed by atoms with Crippen LogP contribution in [-0.4, -0.2) is 9.97 Å². The first kappa shape index (κ1) is 24.7. The normalized spacial score (nSPS) is 12.8. The monoisotopic (exact) mass is 520 g/mol. The second kappa shape index (κ2) is 8.60. The summed E-state index contributed by atoms with van der Waals surface area (Å²) in [5, 5.41) is 5.08. The van der Waals surface area contributed by atoms with Crippen LogP contribution in [0.4, 0.5) is 0 Å². The highest BCUT2D eigenvalue weighted by atomic mass is 14.7. The van der Waals surface area contributed by atoms with Gasteiger partial charge in [0.1, 0.15) is 0 Å². The van der Waals surface area contributed by atoms with Crippen LogP contribution in [0, 0.1) is 0 Å². The molecule has 7 rings (SSSR count). The topological polar surface area (TPSA) is 31.6 Å². The van der Waals surface area contributed by atoms with Crippen molar-refractivity contribution in [3.05, 3.63) is 108 Å². The Kier molecular flexibility index (Phi) is 5.31. The van der Waals surface area contributed by atoms with E-state index in [0.29, 0.717) is 0 Å². The van der Waals surface area contributed by atoms with E-state index in [2.05, 4.69) is 149 Å². The number of hydrogen-bond acceptors (Lipinski definition) is 0. The van der Waals surface area contributed by atoms with Gasteiger partial charge >= 0.3 is 0 Å². The first-order valence-corrected chi connectivity index (χ1v) is 14.3. The molecule has 2 aromatic heterocycles. The molecule has 0 unspecified atom stereocenters. The van der Waals surface area contributed by atoms with Crippen LogP contribution in [0.3, 0.4) is 0 Å². The molecule has 0 amide bonds. The maximum Gasteiger partial charge on any atom is 0.0572 e. The van der Waals surface area contributed by atoms with Crippen molar-refractivity contribution in [2.24, 2.45) is 0 Å². The van der Waals surface area contributed by atoms with Gasteiger partial charge in [-0.15, -0.1) is 0 Å². The van der Waals surface area contributed by atoms with E-state index >= 15 is 0 Å². The highest BCUT2D eigenvalue weighted by molar-refractivity contribution is 6.32. The number of fused-ring (bicyclic) bond motifs is 6. The minimum atomic E-state index is 0.105. The van der Waals surface area contributed by atoms with Gasteiger partial charge in [-0.1, -0.05) is 126 Å². The van der Waals surface area contributed by atoms with Crippen molar-refractivity contribution in [3.8, 4) is 22.3 Å². The van der Waals surface area contributed by atoms with Crippen LogP contribution in [-0.2, 0) is 10.8 Å². The molecule has 7 aromatic rings. The predicted octanol–water partition coefficient (Wildman–Crippen LogP) is 10.9. The average Bonchev–Trinajstić information content (AvgIpc) is 3.50. The Labute approximate surface area is 236 Å². The third-order valence-corrected chi connectivity index (χ3v) is 8.49. The van der Waals surface area contributed by atoms with Gasteiger partial charge in [0.05, 0.1) is 11.0 Å². The van der Waals surface area contributed by atoms with E-state index < -0.39 is 0 Å². The zero-order valence-corrected chi connectivity index (χ0v) is 24.2. The Morgan fingerprint density at radius 2 is 0.800 bits per heavy atom. The molecule has 198 valence electrons. The van der Waals surface area contributed by atoms with Crippen LogP contribution in [0.1, 0.15) is 52.7 Å². The van der Waals surface area contributed by atoms with Crippen molar-refractivity contribution in [3.63, 3.8) is 0 Å². The van der Waals surface area contributed by atoms with Crippen molar-refractivity contribution in [2.45, 2.75) is 52.4 Å². The molecule has 0 saturated heterocycles. The molecule has 0 bridgehead atoms. The molecule has 0 spiro atoms. The van der Waals surface area contributed by atoms with Crippen molar-refractivity contribution in [1.29, 1.82) is 0 Å². The lowest BCUT2D eigenvalue weighted by Gasteiger charge is -2.20. The summed E-state index contributed by atoms with van der Waals surface area (Å²) in [6.07, 6.45) is 0. The number of aromatic amines is 2. The third-order valence-electron chi connectivity index (χ3n) is 8.49. The number of nitrogens with one attached hydrogen (secondary N) is 2. The lowest BCUT2D eigenvalue weighted by atomic mass is 9.84. The maximum atomic E-state index is 3.85. The van der Waals surface area contributed by atoms with Gasteiger partial charge in [0, 0.05) is 43.7 Å². The fraction of sp³-hybridized carbons (Fsp3) is 0.211. The van der Waals surface area contributed by atoms with E-state index in [0.717, 1.165) is 11.0 Å². The Bertz CT molecular complexity index is 1940. The Morgan fingerprint density at radius 1 is 0.425 bits per heavy atom. The van der Waals surface area contributed by atoms with Gasteiger partial charge in [-0.2, -0.15) is 0 Å². The minimum absolute atomic E-state index is 0.105. The summed E-state index contributed by atoms with van der Waals surface area (Å²) in [6.45, 7) is 13.6. The van der Waals surface area contributed by atoms with Crippen molar-refractivity contribution >= 4 is 43.6 Å². The van der Waals surface area contributed by atoms with Crippen molar-refractivity contribution in [2.75, 3.05) is 0 Å². The van der Waals surface area contributed by atoms with Crippen LogP contribution in [0.15, 0.2) is 97.1 Å². The summed E-state index contributed by atoms with van der Waals surface area (Å²) in [4.78, 5) is 7.70. The number of aromatic nitrogens is 2. The van der Waals surface area contributed by atoms with Crippen molar-refractivity contribution in [1.82, 2.24) is 9.97 Å². The highest BCUT2D eigenvalue weighted by Crippen LogP contribution is 2.48. The van der Waals surface area contributed by atoms with E-state index in [-0.39, 0.29) is 10.8 Å². The predicted molar refractivity (Wildman–Crippen MR) is 173 cm³/mol. The summed E-state index contributed by atoms with van der Waals surface area (Å²) in [5.41, 5.74) is 12.6. The molecule has 5 aromatic carbocycles.